The van der Waals surface area contributed by atoms with Gasteiger partial charge in [0.05, 0.1) is 5.69 Å². The van der Waals surface area contributed by atoms with Crippen LogP contribution >= 0.6 is 11.3 Å². The van der Waals surface area contributed by atoms with Crippen molar-refractivity contribution in [1.29, 1.82) is 0 Å². The summed E-state index contributed by atoms with van der Waals surface area (Å²) in [4.78, 5) is 11.4. The van der Waals surface area contributed by atoms with E-state index in [4.69, 9.17) is 4.74 Å². The highest BCUT2D eigenvalue weighted by molar-refractivity contribution is 7.11. The van der Waals surface area contributed by atoms with Crippen LogP contribution in [0.15, 0.2) is 29.9 Å². The number of ether oxygens (including phenoxy) is 1. The van der Waals surface area contributed by atoms with Crippen LogP contribution in [-0.2, 0) is 0 Å². The molecule has 0 aromatic carbocycles. The molecule has 0 unspecified atom stereocenters. The number of hydrogen-bond donors (Lipinski definition) is 0. The quantitative estimate of drug-likeness (QED) is 0.873. The Morgan fingerprint density at radius 3 is 2.59 bits per heavy atom. The van der Waals surface area contributed by atoms with E-state index in [1.807, 2.05) is 24.5 Å². The van der Waals surface area contributed by atoms with Gasteiger partial charge in [0, 0.05) is 54.8 Å². The van der Waals surface area contributed by atoms with Crippen LogP contribution < -0.4 is 4.74 Å². The molecular weight excluding hydrogens is 294 g/mol. The zero-order valence-electron chi connectivity index (χ0n) is 12.4. The zero-order valence-corrected chi connectivity index (χ0v) is 13.2. The Labute approximate surface area is 134 Å². The van der Waals surface area contributed by atoms with Crippen LogP contribution in [0.3, 0.4) is 0 Å². The lowest BCUT2D eigenvalue weighted by molar-refractivity contribution is -0.0984. The smallest absolute Gasteiger partial charge is 0.274 e. The minimum absolute atomic E-state index is 0.379. The Kier molecular flexibility index (Phi) is 2.98. The topological polar surface area (TPSA) is 38.2 Å². The molecule has 5 heteroatoms. The van der Waals surface area contributed by atoms with Gasteiger partial charge in [0.15, 0.2) is 0 Å². The molecule has 3 saturated heterocycles. The van der Waals surface area contributed by atoms with Crippen molar-refractivity contribution in [3.8, 4) is 16.5 Å². The first kappa shape index (κ1) is 13.0. The lowest BCUT2D eigenvalue weighted by atomic mass is 9.66. The van der Waals surface area contributed by atoms with E-state index in [0.29, 0.717) is 17.9 Å². The van der Waals surface area contributed by atoms with Crippen molar-refractivity contribution in [2.75, 3.05) is 19.6 Å². The fraction of sp³-hybridized carbons (Fsp3) is 0.529. The van der Waals surface area contributed by atoms with Crippen molar-refractivity contribution in [1.82, 2.24) is 14.9 Å². The van der Waals surface area contributed by atoms with E-state index in [1.165, 1.54) is 32.5 Å². The van der Waals surface area contributed by atoms with E-state index in [-0.39, 0.29) is 0 Å². The molecular formula is C17H19N3OS. The van der Waals surface area contributed by atoms with Crippen molar-refractivity contribution in [3.05, 3.63) is 29.9 Å². The monoisotopic (exact) mass is 313 g/mol. The number of pyridine rings is 1. The van der Waals surface area contributed by atoms with Crippen LogP contribution in [0.4, 0.5) is 0 Å². The van der Waals surface area contributed by atoms with Gasteiger partial charge in [-0.25, -0.2) is 4.98 Å². The average Bonchev–Trinajstić information content (AvgIpc) is 3.00. The third-order valence-corrected chi connectivity index (χ3v) is 6.13. The summed E-state index contributed by atoms with van der Waals surface area (Å²) >= 11 is 1.62. The number of nitrogens with zero attached hydrogens (tertiary/aromatic N) is 3. The molecule has 4 nitrogen and oxygen atoms in total. The molecule has 3 aliphatic heterocycles. The standard InChI is InChI=1S/C17H19N3OS/c1-3-18-4-2-12(1)15-10-22-17(19-15)21-16-13-5-11-6-14(16)9-20(7-11)8-13/h1-4,10-11,13-14,16H,5-9H2/t11?,13-,14-,16?/m0/s1. The van der Waals surface area contributed by atoms with E-state index in [0.717, 1.165) is 22.4 Å². The molecule has 5 heterocycles. The minimum Gasteiger partial charge on any atom is -0.466 e. The van der Waals surface area contributed by atoms with Crippen LogP contribution in [0.2, 0.25) is 0 Å². The van der Waals surface area contributed by atoms with Gasteiger partial charge in [0.25, 0.3) is 5.19 Å². The first-order chi connectivity index (χ1) is 10.8. The van der Waals surface area contributed by atoms with Crippen molar-refractivity contribution in [2.45, 2.75) is 18.9 Å². The van der Waals surface area contributed by atoms with E-state index < -0.39 is 0 Å². The Balaban J connectivity index is 1.35. The molecule has 0 N–H and O–H groups in total. The minimum atomic E-state index is 0.379. The molecule has 0 spiro atoms. The van der Waals surface area contributed by atoms with Gasteiger partial charge in [0.2, 0.25) is 0 Å². The van der Waals surface area contributed by atoms with Gasteiger partial charge in [-0.1, -0.05) is 11.3 Å². The number of piperidine rings is 3. The number of thiazole rings is 1. The Morgan fingerprint density at radius 2 is 1.86 bits per heavy atom. The zero-order chi connectivity index (χ0) is 14.5. The van der Waals surface area contributed by atoms with Crippen molar-refractivity contribution in [2.24, 2.45) is 17.8 Å². The second-order valence-electron chi connectivity index (χ2n) is 6.89. The van der Waals surface area contributed by atoms with Gasteiger partial charge in [-0.05, 0) is 30.9 Å². The highest BCUT2D eigenvalue weighted by Gasteiger charge is 2.48. The molecule has 6 rings (SSSR count). The average molecular weight is 313 g/mol. The molecule has 0 radical (unpaired) electrons. The van der Waals surface area contributed by atoms with Crippen molar-refractivity contribution in [3.63, 3.8) is 0 Å². The summed E-state index contributed by atoms with van der Waals surface area (Å²) in [5.41, 5.74) is 2.10. The normalized spacial score (nSPS) is 35.7. The predicted molar refractivity (Wildman–Crippen MR) is 85.9 cm³/mol. The maximum atomic E-state index is 6.36. The van der Waals surface area contributed by atoms with Crippen LogP contribution in [0.1, 0.15) is 12.8 Å². The van der Waals surface area contributed by atoms with Crippen molar-refractivity contribution < 1.29 is 4.74 Å². The summed E-state index contributed by atoms with van der Waals surface area (Å²) in [5, 5.41) is 2.92. The second-order valence-corrected chi connectivity index (χ2v) is 7.71. The molecule has 1 aliphatic carbocycles. The van der Waals surface area contributed by atoms with Crippen LogP contribution in [0, 0.1) is 17.8 Å². The molecule has 1 saturated carbocycles. The Hall–Kier alpha value is -1.46. The number of aromatic nitrogens is 2. The van der Waals surface area contributed by atoms with Gasteiger partial charge in [0.1, 0.15) is 6.10 Å². The molecule has 4 fully saturated rings. The summed E-state index contributed by atoms with van der Waals surface area (Å²) in [6.07, 6.45) is 6.69. The number of hydrogen-bond acceptors (Lipinski definition) is 5. The van der Waals surface area contributed by atoms with Crippen LogP contribution in [0.5, 0.6) is 5.19 Å². The first-order valence-electron chi connectivity index (χ1n) is 8.10. The largest absolute Gasteiger partial charge is 0.466 e. The van der Waals surface area contributed by atoms with E-state index in [9.17, 15) is 0 Å². The molecule has 4 bridgehead atoms. The molecule has 2 aromatic heterocycles. The molecule has 0 amide bonds. The maximum absolute atomic E-state index is 6.36. The third kappa shape index (κ3) is 2.15. The van der Waals surface area contributed by atoms with Crippen LogP contribution in [-0.4, -0.2) is 40.6 Å². The van der Waals surface area contributed by atoms with E-state index in [1.54, 1.807) is 11.3 Å². The molecule has 2 aromatic rings. The molecule has 114 valence electrons. The first-order valence-corrected chi connectivity index (χ1v) is 8.98. The maximum Gasteiger partial charge on any atom is 0.274 e. The third-order valence-electron chi connectivity index (χ3n) is 5.40. The summed E-state index contributed by atoms with van der Waals surface area (Å²) < 4.78 is 6.36. The van der Waals surface area contributed by atoms with E-state index in [2.05, 4.69) is 20.2 Å². The molecule has 2 atom stereocenters. The Morgan fingerprint density at radius 1 is 1.09 bits per heavy atom. The van der Waals surface area contributed by atoms with Gasteiger partial charge >= 0.3 is 0 Å². The number of rotatable bonds is 3. The lowest BCUT2D eigenvalue weighted by Crippen LogP contribution is -2.61. The molecule has 22 heavy (non-hydrogen) atoms. The fourth-order valence-corrected chi connectivity index (χ4v) is 5.36. The highest BCUT2D eigenvalue weighted by atomic mass is 32.1. The fourth-order valence-electron chi connectivity index (χ4n) is 4.64. The summed E-state index contributed by atoms with van der Waals surface area (Å²) in [7, 11) is 0. The summed E-state index contributed by atoms with van der Waals surface area (Å²) in [6, 6.07) is 3.99. The summed E-state index contributed by atoms with van der Waals surface area (Å²) in [6.45, 7) is 3.77. The van der Waals surface area contributed by atoms with E-state index >= 15 is 0 Å². The van der Waals surface area contributed by atoms with Gasteiger partial charge in [-0.15, -0.1) is 0 Å². The van der Waals surface area contributed by atoms with Gasteiger partial charge in [-0.3, -0.25) is 4.98 Å². The highest BCUT2D eigenvalue weighted by Crippen LogP contribution is 2.45. The Bertz CT molecular complexity index is 644. The van der Waals surface area contributed by atoms with Crippen molar-refractivity contribution >= 4 is 11.3 Å². The molecule has 4 aliphatic rings. The van der Waals surface area contributed by atoms with Gasteiger partial charge in [-0.2, -0.15) is 0 Å². The predicted octanol–water partition coefficient (Wildman–Crippen LogP) is 2.92. The van der Waals surface area contributed by atoms with Gasteiger partial charge < -0.3 is 9.64 Å². The second kappa shape index (κ2) is 5.03. The SMILES string of the molecule is c1cc(-c2csc(OC3[C@H]4CC5C[C@H]3CN(C5)C4)n2)ccn1. The van der Waals surface area contributed by atoms with Crippen LogP contribution in [0.25, 0.3) is 11.3 Å². The summed E-state index contributed by atoms with van der Waals surface area (Å²) in [5.74, 6) is 2.33. The lowest BCUT2D eigenvalue weighted by Gasteiger charge is -2.55.